The van der Waals surface area contributed by atoms with E-state index in [1.54, 1.807) is 30.1 Å². The van der Waals surface area contributed by atoms with Gasteiger partial charge in [-0.2, -0.15) is 0 Å². The Morgan fingerprint density at radius 1 is 1.18 bits per heavy atom. The lowest BCUT2D eigenvalue weighted by Gasteiger charge is -2.35. The van der Waals surface area contributed by atoms with Crippen LogP contribution >= 0.6 is 23.2 Å². The predicted molar refractivity (Wildman–Crippen MR) is 129 cm³/mol. The zero-order valence-electron chi connectivity index (χ0n) is 18.4. The highest BCUT2D eigenvalue weighted by Crippen LogP contribution is 2.28. The lowest BCUT2D eigenvalue weighted by atomic mass is 10.1. The summed E-state index contributed by atoms with van der Waals surface area (Å²) in [6, 6.07) is 13.5. The zero-order chi connectivity index (χ0) is 24.2. The maximum atomic E-state index is 12.7. The second kappa shape index (κ2) is 10.5. The monoisotopic (exact) mass is 505 g/mol. The van der Waals surface area contributed by atoms with E-state index in [1.165, 1.54) is 4.90 Å². The van der Waals surface area contributed by atoms with Gasteiger partial charge in [0.1, 0.15) is 24.6 Å². The first-order valence-electron chi connectivity index (χ1n) is 10.8. The van der Waals surface area contributed by atoms with Crippen LogP contribution in [0.3, 0.4) is 0 Å². The van der Waals surface area contributed by atoms with E-state index in [0.717, 1.165) is 5.56 Å². The molecule has 2 heterocycles. The number of nitrogens with one attached hydrogen (secondary N) is 2. The minimum atomic E-state index is -0.970. The van der Waals surface area contributed by atoms with Crippen LogP contribution in [0.25, 0.3) is 0 Å². The molecule has 3 atom stereocenters. The van der Waals surface area contributed by atoms with Crippen molar-refractivity contribution in [2.75, 3.05) is 26.7 Å². The molecule has 3 amide bonds. The van der Waals surface area contributed by atoms with E-state index in [1.807, 2.05) is 30.3 Å². The SMILES string of the molecule is CN1C(=O)NC(=O)C2C1NC(=NCCc1ccccc1)N2CC(O)COc1ccc(Cl)cc1Cl. The molecule has 0 spiro atoms. The molecule has 2 aliphatic rings. The van der Waals surface area contributed by atoms with Crippen LogP contribution in [-0.2, 0) is 11.2 Å². The van der Waals surface area contributed by atoms with Crippen molar-refractivity contribution in [3.63, 3.8) is 0 Å². The normalized spacial score (nSPS) is 21.8. The number of fused-ring (bicyclic) bond motifs is 1. The Morgan fingerprint density at radius 3 is 2.68 bits per heavy atom. The fourth-order valence-electron chi connectivity index (χ4n) is 3.91. The summed E-state index contributed by atoms with van der Waals surface area (Å²) in [5, 5.41) is 17.0. The molecule has 2 aliphatic heterocycles. The molecule has 34 heavy (non-hydrogen) atoms. The molecular weight excluding hydrogens is 481 g/mol. The molecule has 2 aromatic carbocycles. The number of β-amino-alcohol motifs (C(OH)–C–C–N with tert-alkyl or cyclic N) is 1. The molecule has 2 fully saturated rings. The van der Waals surface area contributed by atoms with Crippen molar-refractivity contribution in [1.29, 1.82) is 0 Å². The fourth-order valence-corrected chi connectivity index (χ4v) is 4.38. The maximum Gasteiger partial charge on any atom is 0.325 e. The Labute approximate surface area is 207 Å². The van der Waals surface area contributed by atoms with Crippen LogP contribution in [0.4, 0.5) is 4.79 Å². The quantitative estimate of drug-likeness (QED) is 0.507. The zero-order valence-corrected chi connectivity index (χ0v) is 20.0. The second-order valence-electron chi connectivity index (χ2n) is 8.07. The minimum Gasteiger partial charge on any atom is -0.489 e. The van der Waals surface area contributed by atoms with Crippen molar-refractivity contribution in [3.05, 3.63) is 64.1 Å². The van der Waals surface area contributed by atoms with Gasteiger partial charge in [-0.25, -0.2) is 4.79 Å². The molecule has 0 aliphatic carbocycles. The summed E-state index contributed by atoms with van der Waals surface area (Å²) >= 11 is 12.0. The van der Waals surface area contributed by atoms with Gasteiger partial charge in [-0.15, -0.1) is 0 Å². The van der Waals surface area contributed by atoms with Crippen LogP contribution in [0, 0.1) is 0 Å². The largest absolute Gasteiger partial charge is 0.489 e. The molecule has 180 valence electrons. The van der Waals surface area contributed by atoms with Crippen LogP contribution in [0.15, 0.2) is 53.5 Å². The van der Waals surface area contributed by atoms with Gasteiger partial charge in [0.15, 0.2) is 12.0 Å². The molecule has 11 heteroatoms. The Bertz CT molecular complexity index is 1080. The number of aliphatic hydroxyl groups excluding tert-OH is 1. The average Bonchev–Trinajstić information content (AvgIpc) is 3.16. The summed E-state index contributed by atoms with van der Waals surface area (Å²) in [4.78, 5) is 32.5. The van der Waals surface area contributed by atoms with E-state index in [2.05, 4.69) is 15.6 Å². The Kier molecular flexibility index (Phi) is 7.45. The van der Waals surface area contributed by atoms with Crippen LogP contribution in [-0.4, -0.2) is 77.9 Å². The molecule has 0 bridgehead atoms. The third-order valence-corrected chi connectivity index (χ3v) is 6.19. The van der Waals surface area contributed by atoms with Gasteiger partial charge in [0.2, 0.25) is 0 Å². The van der Waals surface area contributed by atoms with E-state index in [9.17, 15) is 14.7 Å². The van der Waals surface area contributed by atoms with E-state index in [4.69, 9.17) is 27.9 Å². The Balaban J connectivity index is 1.47. The number of nitrogens with zero attached hydrogens (tertiary/aromatic N) is 3. The van der Waals surface area contributed by atoms with Gasteiger partial charge in [0.05, 0.1) is 11.6 Å². The van der Waals surface area contributed by atoms with Crippen LogP contribution in [0.1, 0.15) is 5.56 Å². The van der Waals surface area contributed by atoms with Gasteiger partial charge in [0, 0.05) is 18.6 Å². The van der Waals surface area contributed by atoms with Gasteiger partial charge in [0.25, 0.3) is 5.91 Å². The second-order valence-corrected chi connectivity index (χ2v) is 8.92. The maximum absolute atomic E-state index is 12.7. The lowest BCUT2D eigenvalue weighted by molar-refractivity contribution is -0.127. The summed E-state index contributed by atoms with van der Waals surface area (Å²) in [5.41, 5.74) is 1.13. The van der Waals surface area contributed by atoms with Crippen LogP contribution in [0.5, 0.6) is 5.75 Å². The van der Waals surface area contributed by atoms with E-state index in [-0.39, 0.29) is 13.2 Å². The number of rotatable bonds is 8. The van der Waals surface area contributed by atoms with Crippen molar-refractivity contribution in [2.24, 2.45) is 4.99 Å². The number of ether oxygens (including phenoxy) is 1. The summed E-state index contributed by atoms with van der Waals surface area (Å²) in [7, 11) is 1.60. The highest BCUT2D eigenvalue weighted by atomic mass is 35.5. The molecule has 0 saturated carbocycles. The third kappa shape index (κ3) is 5.38. The molecular formula is C23H25Cl2N5O4. The number of guanidine groups is 1. The molecule has 2 aromatic rings. The standard InChI is InChI=1S/C23H25Cl2N5O4/c1-29-20-19(21(32)28-23(29)33)30(22(27-20)26-10-9-14-5-3-2-4-6-14)12-16(31)13-34-18-8-7-15(24)11-17(18)25/h2-8,11,16,19-20,31H,9-10,12-13H2,1H3,(H,26,27)(H,28,32,33). The number of halogens is 2. The predicted octanol–water partition coefficient (Wildman–Crippen LogP) is 2.11. The van der Waals surface area contributed by atoms with E-state index < -0.39 is 30.2 Å². The highest BCUT2D eigenvalue weighted by Gasteiger charge is 2.50. The smallest absolute Gasteiger partial charge is 0.325 e. The number of aliphatic imine (C=N–C) groups is 1. The number of likely N-dealkylation sites (N-methyl/N-ethyl adjacent to an activating group) is 1. The average molecular weight is 506 g/mol. The molecule has 0 radical (unpaired) electrons. The number of aliphatic hydroxyl groups is 1. The van der Waals surface area contributed by atoms with Crippen molar-refractivity contribution < 1.29 is 19.4 Å². The number of urea groups is 1. The first-order chi connectivity index (χ1) is 16.3. The van der Waals surface area contributed by atoms with Crippen LogP contribution in [0.2, 0.25) is 10.0 Å². The van der Waals surface area contributed by atoms with Crippen LogP contribution < -0.4 is 15.4 Å². The molecule has 0 aromatic heterocycles. The Morgan fingerprint density at radius 2 is 1.94 bits per heavy atom. The molecule has 3 N–H and O–H groups in total. The number of hydrogen-bond donors (Lipinski definition) is 3. The Hall–Kier alpha value is -3.01. The van der Waals surface area contributed by atoms with Crippen molar-refractivity contribution in [1.82, 2.24) is 20.4 Å². The third-order valence-electron chi connectivity index (χ3n) is 5.66. The lowest BCUT2D eigenvalue weighted by Crippen LogP contribution is -2.65. The number of imide groups is 1. The van der Waals surface area contributed by atoms with Gasteiger partial charge >= 0.3 is 6.03 Å². The van der Waals surface area contributed by atoms with Crippen molar-refractivity contribution in [2.45, 2.75) is 24.7 Å². The summed E-state index contributed by atoms with van der Waals surface area (Å²) in [5.74, 6) is 0.369. The number of carbonyl (C=O) groups is 2. The van der Waals surface area contributed by atoms with E-state index >= 15 is 0 Å². The summed E-state index contributed by atoms with van der Waals surface area (Å²) < 4.78 is 5.65. The van der Waals surface area contributed by atoms with Gasteiger partial charge in [-0.05, 0) is 30.2 Å². The van der Waals surface area contributed by atoms with Gasteiger partial charge < -0.3 is 25.0 Å². The summed E-state index contributed by atoms with van der Waals surface area (Å²) in [6.07, 6.45) is -0.866. The summed E-state index contributed by atoms with van der Waals surface area (Å²) in [6.45, 7) is 0.455. The number of amides is 3. The number of hydrogen-bond acceptors (Lipinski definition) is 5. The number of carbonyl (C=O) groups excluding carboxylic acids is 2. The van der Waals surface area contributed by atoms with E-state index in [0.29, 0.717) is 34.7 Å². The molecule has 9 nitrogen and oxygen atoms in total. The molecule has 2 saturated heterocycles. The van der Waals surface area contributed by atoms with Crippen molar-refractivity contribution >= 4 is 41.1 Å². The fraction of sp³-hybridized carbons (Fsp3) is 0.348. The topological polar surface area (TPSA) is 107 Å². The van der Waals surface area contributed by atoms with Crippen molar-refractivity contribution in [3.8, 4) is 5.75 Å². The number of benzene rings is 2. The van der Waals surface area contributed by atoms with Gasteiger partial charge in [-0.3, -0.25) is 15.1 Å². The minimum absolute atomic E-state index is 0.0546. The first-order valence-corrected chi connectivity index (χ1v) is 11.5. The van der Waals surface area contributed by atoms with Gasteiger partial charge in [-0.1, -0.05) is 53.5 Å². The highest BCUT2D eigenvalue weighted by molar-refractivity contribution is 6.35. The first kappa shape index (κ1) is 24.1. The molecule has 3 unspecified atom stereocenters. The molecule has 4 rings (SSSR count).